The van der Waals surface area contributed by atoms with Crippen LogP contribution in [0.15, 0.2) is 0 Å². The van der Waals surface area contributed by atoms with Crippen molar-refractivity contribution in [2.45, 2.75) is 31.9 Å². The molecule has 0 spiro atoms. The maximum atomic E-state index is 12.5. The van der Waals surface area contributed by atoms with Crippen LogP contribution in [-0.2, 0) is 0 Å². The molecule has 2 saturated heterocycles. The van der Waals surface area contributed by atoms with Crippen molar-refractivity contribution in [3.63, 3.8) is 0 Å². The summed E-state index contributed by atoms with van der Waals surface area (Å²) in [7, 11) is 0. The van der Waals surface area contributed by atoms with Gasteiger partial charge in [0, 0.05) is 26.2 Å². The molecule has 0 aliphatic carbocycles. The number of alkyl halides is 3. The van der Waals surface area contributed by atoms with Crippen molar-refractivity contribution in [2.75, 3.05) is 26.2 Å². The molecule has 3 nitrogen and oxygen atoms in total. The Morgan fingerprint density at radius 3 is 1.88 bits per heavy atom. The van der Waals surface area contributed by atoms with E-state index in [1.54, 1.807) is 9.80 Å². The second-order valence-corrected chi connectivity index (χ2v) is 4.78. The predicted octanol–water partition coefficient (Wildman–Crippen LogP) is 2.48. The minimum Gasteiger partial charge on any atom is -0.325 e. The summed E-state index contributed by atoms with van der Waals surface area (Å²) in [5.41, 5.74) is 0. The monoisotopic (exact) mass is 250 g/mol. The molecule has 0 aromatic carbocycles. The van der Waals surface area contributed by atoms with Gasteiger partial charge >= 0.3 is 12.2 Å². The maximum absolute atomic E-state index is 12.5. The molecule has 0 unspecified atom stereocenters. The molecule has 0 aromatic rings. The first-order valence-corrected chi connectivity index (χ1v) is 6.09. The van der Waals surface area contributed by atoms with Crippen LogP contribution >= 0.6 is 0 Å². The zero-order chi connectivity index (χ0) is 12.5. The number of likely N-dealkylation sites (tertiary alicyclic amines) is 2. The van der Waals surface area contributed by atoms with Crippen LogP contribution in [0.25, 0.3) is 0 Å². The summed E-state index contributed by atoms with van der Waals surface area (Å²) in [4.78, 5) is 15.2. The number of halogens is 3. The molecule has 0 saturated carbocycles. The number of urea groups is 1. The summed E-state index contributed by atoms with van der Waals surface area (Å²) >= 11 is 0. The normalized spacial score (nSPS) is 23.2. The van der Waals surface area contributed by atoms with E-state index in [2.05, 4.69) is 0 Å². The van der Waals surface area contributed by atoms with E-state index in [1.807, 2.05) is 0 Å². The van der Waals surface area contributed by atoms with Gasteiger partial charge in [0.1, 0.15) is 0 Å². The molecule has 0 radical (unpaired) electrons. The summed E-state index contributed by atoms with van der Waals surface area (Å²) in [6.07, 6.45) is -2.01. The minimum absolute atomic E-state index is 0.0447. The van der Waals surface area contributed by atoms with E-state index >= 15 is 0 Å². The van der Waals surface area contributed by atoms with E-state index in [-0.39, 0.29) is 32.0 Å². The van der Waals surface area contributed by atoms with Crippen molar-refractivity contribution in [1.29, 1.82) is 0 Å². The smallest absolute Gasteiger partial charge is 0.325 e. The lowest BCUT2D eigenvalue weighted by molar-refractivity contribution is -0.183. The molecule has 6 heteroatoms. The highest BCUT2D eigenvalue weighted by atomic mass is 19.4. The quantitative estimate of drug-likeness (QED) is 0.648. The molecule has 17 heavy (non-hydrogen) atoms. The van der Waals surface area contributed by atoms with Crippen LogP contribution in [-0.4, -0.2) is 48.2 Å². The molecule has 0 N–H and O–H groups in total. The van der Waals surface area contributed by atoms with Crippen LogP contribution < -0.4 is 0 Å². The first-order valence-electron chi connectivity index (χ1n) is 6.09. The standard InChI is InChI=1S/C11H17F3N2O/c12-11(13,14)9-3-7-16(8-4-9)10(17)15-5-1-2-6-15/h9H,1-8H2. The average Bonchev–Trinajstić information content (AvgIpc) is 2.80. The number of amides is 2. The molecule has 0 bridgehead atoms. The van der Waals surface area contributed by atoms with E-state index in [0.29, 0.717) is 0 Å². The number of carbonyl (C=O) groups excluding carboxylic acids is 1. The molecule has 2 aliphatic rings. The Kier molecular flexibility index (Phi) is 3.49. The van der Waals surface area contributed by atoms with Gasteiger partial charge in [0.05, 0.1) is 5.92 Å². The number of carbonyl (C=O) groups is 1. The Labute approximate surface area is 98.6 Å². The third kappa shape index (κ3) is 2.84. The molecule has 0 aromatic heterocycles. The van der Waals surface area contributed by atoms with Gasteiger partial charge in [-0.15, -0.1) is 0 Å². The van der Waals surface area contributed by atoms with Crippen molar-refractivity contribution < 1.29 is 18.0 Å². The van der Waals surface area contributed by atoms with Crippen molar-refractivity contribution in [3.8, 4) is 0 Å². The van der Waals surface area contributed by atoms with E-state index < -0.39 is 12.1 Å². The van der Waals surface area contributed by atoms with Crippen molar-refractivity contribution >= 4 is 6.03 Å². The Morgan fingerprint density at radius 2 is 1.41 bits per heavy atom. The Hall–Kier alpha value is -0.940. The molecule has 2 fully saturated rings. The molecule has 2 aliphatic heterocycles. The summed E-state index contributed by atoms with van der Waals surface area (Å²) in [6.45, 7) is 1.97. The van der Waals surface area contributed by atoms with Gasteiger partial charge in [0.25, 0.3) is 0 Å². The zero-order valence-electron chi connectivity index (χ0n) is 9.67. The predicted molar refractivity (Wildman–Crippen MR) is 56.6 cm³/mol. The van der Waals surface area contributed by atoms with E-state index in [4.69, 9.17) is 0 Å². The second kappa shape index (κ2) is 4.74. The van der Waals surface area contributed by atoms with Crippen LogP contribution in [0.3, 0.4) is 0 Å². The van der Waals surface area contributed by atoms with Gasteiger partial charge in [0.2, 0.25) is 0 Å². The number of nitrogens with zero attached hydrogens (tertiary/aromatic N) is 2. The molecule has 2 rings (SSSR count). The fourth-order valence-corrected chi connectivity index (χ4v) is 2.51. The summed E-state index contributed by atoms with van der Waals surface area (Å²) in [5, 5.41) is 0. The maximum Gasteiger partial charge on any atom is 0.391 e. The minimum atomic E-state index is -4.11. The van der Waals surface area contributed by atoms with Crippen molar-refractivity contribution in [2.24, 2.45) is 5.92 Å². The third-order valence-electron chi connectivity index (χ3n) is 3.60. The lowest BCUT2D eigenvalue weighted by atomic mass is 9.96. The van der Waals surface area contributed by atoms with Gasteiger partial charge in [-0.2, -0.15) is 13.2 Å². The van der Waals surface area contributed by atoms with E-state index in [1.165, 1.54) is 0 Å². The van der Waals surface area contributed by atoms with Gasteiger partial charge < -0.3 is 9.80 Å². The summed E-state index contributed by atoms with van der Waals surface area (Å²) in [6, 6.07) is -0.0804. The number of hydrogen-bond donors (Lipinski definition) is 0. The van der Waals surface area contributed by atoms with Gasteiger partial charge in [-0.05, 0) is 25.7 Å². The number of hydrogen-bond acceptors (Lipinski definition) is 1. The van der Waals surface area contributed by atoms with Crippen LogP contribution in [0.4, 0.5) is 18.0 Å². The largest absolute Gasteiger partial charge is 0.391 e. The van der Waals surface area contributed by atoms with Crippen molar-refractivity contribution in [1.82, 2.24) is 9.80 Å². The SMILES string of the molecule is O=C(N1CCCC1)N1CCC(C(F)(F)F)CC1. The number of rotatable bonds is 0. The molecule has 2 amide bonds. The Morgan fingerprint density at radius 1 is 0.941 bits per heavy atom. The van der Waals surface area contributed by atoms with Crippen LogP contribution in [0, 0.1) is 5.92 Å². The summed E-state index contributed by atoms with van der Waals surface area (Å²) < 4.78 is 37.4. The fourth-order valence-electron chi connectivity index (χ4n) is 2.51. The van der Waals surface area contributed by atoms with Gasteiger partial charge in [0.15, 0.2) is 0 Å². The van der Waals surface area contributed by atoms with E-state index in [9.17, 15) is 18.0 Å². The second-order valence-electron chi connectivity index (χ2n) is 4.78. The van der Waals surface area contributed by atoms with Crippen molar-refractivity contribution in [3.05, 3.63) is 0 Å². The van der Waals surface area contributed by atoms with Gasteiger partial charge in [-0.3, -0.25) is 0 Å². The molecular weight excluding hydrogens is 233 g/mol. The third-order valence-corrected chi connectivity index (χ3v) is 3.60. The lowest BCUT2D eigenvalue weighted by Crippen LogP contribution is -2.47. The Balaban J connectivity index is 1.84. The summed E-state index contributed by atoms with van der Waals surface area (Å²) in [5.74, 6) is -1.23. The zero-order valence-corrected chi connectivity index (χ0v) is 9.67. The fraction of sp³-hybridized carbons (Fsp3) is 0.909. The van der Waals surface area contributed by atoms with Crippen LogP contribution in [0.5, 0.6) is 0 Å². The number of piperidine rings is 1. The van der Waals surface area contributed by atoms with Crippen LogP contribution in [0.2, 0.25) is 0 Å². The lowest BCUT2D eigenvalue weighted by Gasteiger charge is -2.35. The van der Waals surface area contributed by atoms with Gasteiger partial charge in [-0.25, -0.2) is 4.79 Å². The molecular formula is C11H17F3N2O. The molecule has 98 valence electrons. The van der Waals surface area contributed by atoms with Gasteiger partial charge in [-0.1, -0.05) is 0 Å². The highest BCUT2D eigenvalue weighted by Crippen LogP contribution is 2.34. The molecule has 2 heterocycles. The van der Waals surface area contributed by atoms with Crippen LogP contribution in [0.1, 0.15) is 25.7 Å². The highest BCUT2D eigenvalue weighted by Gasteiger charge is 2.42. The first-order chi connectivity index (χ1) is 7.98. The Bertz CT molecular complexity index is 279. The topological polar surface area (TPSA) is 23.6 Å². The molecule has 0 atom stereocenters. The first kappa shape index (κ1) is 12.5. The average molecular weight is 250 g/mol. The highest BCUT2D eigenvalue weighted by molar-refractivity contribution is 5.74. The van der Waals surface area contributed by atoms with E-state index in [0.717, 1.165) is 25.9 Å².